The second kappa shape index (κ2) is 7.61. The van der Waals surface area contributed by atoms with Gasteiger partial charge in [0, 0.05) is 39.4 Å². The van der Waals surface area contributed by atoms with Crippen molar-refractivity contribution in [3.8, 4) is 0 Å². The normalized spacial score (nSPS) is 14.8. The van der Waals surface area contributed by atoms with E-state index in [-0.39, 0.29) is 5.91 Å². The van der Waals surface area contributed by atoms with Crippen LogP contribution in [-0.4, -0.2) is 10.5 Å². The summed E-state index contributed by atoms with van der Waals surface area (Å²) in [7, 11) is 0. The van der Waals surface area contributed by atoms with E-state index in [1.807, 2.05) is 29.2 Å². The summed E-state index contributed by atoms with van der Waals surface area (Å²) in [6.45, 7) is 0.725. The fraction of sp³-hybridized carbons (Fsp3) is 0.222. The number of benzene rings is 3. The minimum absolute atomic E-state index is 0.155. The molecule has 0 atom stereocenters. The highest BCUT2D eigenvalue weighted by molar-refractivity contribution is 7.99. The highest BCUT2D eigenvalue weighted by atomic mass is 32.2. The molecule has 1 aromatic heterocycles. The van der Waals surface area contributed by atoms with Crippen LogP contribution in [0.15, 0.2) is 82.6 Å². The zero-order valence-corrected chi connectivity index (χ0v) is 18.2. The van der Waals surface area contributed by atoms with E-state index >= 15 is 0 Å². The van der Waals surface area contributed by atoms with Gasteiger partial charge in [0.25, 0.3) is 0 Å². The Labute approximate surface area is 186 Å². The lowest BCUT2D eigenvalue weighted by Gasteiger charge is -2.31. The van der Waals surface area contributed by atoms with Crippen molar-refractivity contribution in [3.05, 3.63) is 84.1 Å². The Balaban J connectivity index is 1.36. The fourth-order valence-electron chi connectivity index (χ4n) is 5.13. The number of rotatable bonds is 3. The van der Waals surface area contributed by atoms with Gasteiger partial charge in [-0.05, 0) is 61.6 Å². The number of nitrogens with zero attached hydrogens (tertiary/aromatic N) is 2. The Morgan fingerprint density at radius 2 is 1.45 bits per heavy atom. The number of aryl methyl sites for hydroxylation is 2. The third kappa shape index (κ3) is 3.09. The maximum atomic E-state index is 13.6. The van der Waals surface area contributed by atoms with E-state index in [1.54, 1.807) is 11.8 Å². The van der Waals surface area contributed by atoms with Gasteiger partial charge in [-0.15, -0.1) is 0 Å². The third-order valence-corrected chi connectivity index (χ3v) is 7.65. The molecule has 2 heterocycles. The molecule has 0 unspecified atom stereocenters. The Morgan fingerprint density at radius 3 is 2.23 bits per heavy atom. The van der Waals surface area contributed by atoms with E-state index in [0.717, 1.165) is 40.6 Å². The van der Waals surface area contributed by atoms with Crippen LogP contribution < -0.4 is 4.90 Å². The standard InChI is InChI=1S/C27H24N2OS/c30-27(29-23-13-5-7-15-25(23)31-26-16-8-6-14-24(26)29)17-18-28-21-11-3-1-9-19(21)20-10-2-4-12-22(20)28/h1,3,5-9,11,13-16H,2,4,10,12,17-18H2. The van der Waals surface area contributed by atoms with Gasteiger partial charge in [0.2, 0.25) is 5.91 Å². The number of fused-ring (bicyclic) bond motifs is 5. The SMILES string of the molecule is O=C(CCn1c2c(c3ccccc31)CCCC2)N1c2ccccc2Sc2ccccc21. The van der Waals surface area contributed by atoms with Crippen molar-refractivity contribution in [1.82, 2.24) is 4.57 Å². The van der Waals surface area contributed by atoms with E-state index < -0.39 is 0 Å². The van der Waals surface area contributed by atoms with E-state index in [9.17, 15) is 4.79 Å². The largest absolute Gasteiger partial charge is 0.344 e. The lowest BCUT2D eigenvalue weighted by atomic mass is 9.95. The highest BCUT2D eigenvalue weighted by Crippen LogP contribution is 2.48. The molecule has 1 amide bonds. The molecule has 31 heavy (non-hydrogen) atoms. The second-order valence-electron chi connectivity index (χ2n) is 8.32. The van der Waals surface area contributed by atoms with Gasteiger partial charge in [-0.3, -0.25) is 9.69 Å². The predicted octanol–water partition coefficient (Wildman–Crippen LogP) is 6.74. The molecule has 3 aromatic carbocycles. The molecule has 0 spiro atoms. The van der Waals surface area contributed by atoms with Crippen LogP contribution in [0.4, 0.5) is 11.4 Å². The molecule has 154 valence electrons. The number of hydrogen-bond donors (Lipinski definition) is 0. The zero-order valence-electron chi connectivity index (χ0n) is 17.4. The molecule has 4 heteroatoms. The predicted molar refractivity (Wildman–Crippen MR) is 127 cm³/mol. The number of aromatic nitrogens is 1. The molecule has 0 bridgehead atoms. The van der Waals surface area contributed by atoms with E-state index in [0.29, 0.717) is 6.42 Å². The summed E-state index contributed by atoms with van der Waals surface area (Å²) in [5.41, 5.74) is 6.21. The summed E-state index contributed by atoms with van der Waals surface area (Å²) in [6.07, 6.45) is 5.25. The number of carbonyl (C=O) groups is 1. The molecular formula is C27H24N2OS. The number of hydrogen-bond acceptors (Lipinski definition) is 2. The molecule has 6 rings (SSSR count). The molecule has 0 saturated heterocycles. The number of carbonyl (C=O) groups excluding carboxylic acids is 1. The van der Waals surface area contributed by atoms with Gasteiger partial charge in [0.1, 0.15) is 0 Å². The van der Waals surface area contributed by atoms with Crippen molar-refractivity contribution in [2.75, 3.05) is 4.90 Å². The smallest absolute Gasteiger partial charge is 0.233 e. The van der Waals surface area contributed by atoms with Gasteiger partial charge in [-0.2, -0.15) is 0 Å². The van der Waals surface area contributed by atoms with Crippen molar-refractivity contribution in [3.63, 3.8) is 0 Å². The van der Waals surface area contributed by atoms with E-state index in [4.69, 9.17) is 0 Å². The van der Waals surface area contributed by atoms with Gasteiger partial charge < -0.3 is 4.57 Å². The summed E-state index contributed by atoms with van der Waals surface area (Å²) in [4.78, 5) is 17.8. The van der Waals surface area contributed by atoms with Crippen LogP contribution in [0, 0.1) is 0 Å². The molecule has 1 aliphatic carbocycles. The molecule has 0 saturated carbocycles. The molecule has 2 aliphatic rings. The van der Waals surface area contributed by atoms with E-state index in [1.165, 1.54) is 35.0 Å². The summed E-state index contributed by atoms with van der Waals surface area (Å²) in [5, 5.41) is 1.37. The Kier molecular flexibility index (Phi) is 4.61. The van der Waals surface area contributed by atoms with E-state index in [2.05, 4.69) is 53.1 Å². The monoisotopic (exact) mass is 424 g/mol. The number of para-hydroxylation sites is 3. The zero-order chi connectivity index (χ0) is 20.8. The maximum Gasteiger partial charge on any atom is 0.233 e. The minimum atomic E-state index is 0.155. The Bertz CT molecular complexity index is 1260. The van der Waals surface area contributed by atoms with Crippen LogP contribution in [0.1, 0.15) is 30.5 Å². The van der Waals surface area contributed by atoms with Crippen LogP contribution in [0.25, 0.3) is 10.9 Å². The van der Waals surface area contributed by atoms with Crippen LogP contribution in [-0.2, 0) is 24.2 Å². The Morgan fingerprint density at radius 1 is 0.806 bits per heavy atom. The first-order valence-electron chi connectivity index (χ1n) is 11.1. The molecular weight excluding hydrogens is 400 g/mol. The molecule has 0 fully saturated rings. The van der Waals surface area contributed by atoms with Crippen LogP contribution in [0.3, 0.4) is 0 Å². The second-order valence-corrected chi connectivity index (χ2v) is 9.40. The van der Waals surface area contributed by atoms with Crippen molar-refractivity contribution in [2.24, 2.45) is 0 Å². The van der Waals surface area contributed by atoms with Gasteiger partial charge in [-0.1, -0.05) is 54.2 Å². The molecule has 0 radical (unpaired) electrons. The summed E-state index contributed by atoms with van der Waals surface area (Å²) in [6, 6.07) is 25.1. The van der Waals surface area contributed by atoms with Crippen molar-refractivity contribution in [2.45, 2.75) is 48.4 Å². The molecule has 3 nitrogen and oxygen atoms in total. The highest BCUT2D eigenvalue weighted by Gasteiger charge is 2.28. The van der Waals surface area contributed by atoms with Gasteiger partial charge >= 0.3 is 0 Å². The topological polar surface area (TPSA) is 25.2 Å². The number of anilines is 2. The molecule has 4 aromatic rings. The Hall–Kier alpha value is -2.98. The quantitative estimate of drug-likeness (QED) is 0.364. The lowest BCUT2D eigenvalue weighted by Crippen LogP contribution is -2.29. The third-order valence-electron chi connectivity index (χ3n) is 6.52. The van der Waals surface area contributed by atoms with Crippen molar-refractivity contribution >= 4 is 39.9 Å². The first-order valence-corrected chi connectivity index (χ1v) is 11.9. The summed E-state index contributed by atoms with van der Waals surface area (Å²) < 4.78 is 2.41. The average Bonchev–Trinajstić information content (AvgIpc) is 3.14. The van der Waals surface area contributed by atoms with Crippen molar-refractivity contribution in [1.29, 1.82) is 0 Å². The van der Waals surface area contributed by atoms with Gasteiger partial charge in [-0.25, -0.2) is 0 Å². The van der Waals surface area contributed by atoms with Gasteiger partial charge in [0.05, 0.1) is 11.4 Å². The average molecular weight is 425 g/mol. The summed E-state index contributed by atoms with van der Waals surface area (Å²) >= 11 is 1.74. The van der Waals surface area contributed by atoms with Crippen molar-refractivity contribution < 1.29 is 4.79 Å². The van der Waals surface area contributed by atoms with Gasteiger partial charge in [0.15, 0.2) is 0 Å². The maximum absolute atomic E-state index is 13.6. The minimum Gasteiger partial charge on any atom is -0.344 e. The first kappa shape index (κ1) is 18.8. The molecule has 1 aliphatic heterocycles. The van der Waals surface area contributed by atoms with Crippen LogP contribution >= 0.6 is 11.8 Å². The van der Waals surface area contributed by atoms with Crippen LogP contribution in [0.5, 0.6) is 0 Å². The summed E-state index contributed by atoms with van der Waals surface area (Å²) in [5.74, 6) is 0.155. The molecule has 0 N–H and O–H groups in total. The first-order chi connectivity index (χ1) is 15.3. The van der Waals surface area contributed by atoms with Crippen LogP contribution in [0.2, 0.25) is 0 Å². The lowest BCUT2D eigenvalue weighted by molar-refractivity contribution is -0.118. The fourth-order valence-corrected chi connectivity index (χ4v) is 6.19. The number of amides is 1.